The molecular weight excluding hydrogens is 628 g/mol. The van der Waals surface area contributed by atoms with Gasteiger partial charge in [0.1, 0.15) is 5.82 Å². The number of nitrogen functional groups attached to an aromatic ring is 1. The quantitative estimate of drug-likeness (QED) is 0.187. The lowest BCUT2D eigenvalue weighted by Gasteiger charge is -2.25. The molecule has 0 saturated heterocycles. The summed E-state index contributed by atoms with van der Waals surface area (Å²) in [6, 6.07) is 22.6. The van der Waals surface area contributed by atoms with Crippen molar-refractivity contribution < 1.29 is 26.5 Å². The Kier molecular flexibility index (Phi) is 8.72. The second kappa shape index (κ2) is 12.3. The van der Waals surface area contributed by atoms with Gasteiger partial charge in [-0.25, -0.2) is 31.7 Å². The summed E-state index contributed by atoms with van der Waals surface area (Å²) in [6.07, 6.45) is 1.27. The van der Waals surface area contributed by atoms with Crippen molar-refractivity contribution in [1.29, 1.82) is 0 Å². The van der Waals surface area contributed by atoms with Crippen molar-refractivity contribution in [3.05, 3.63) is 107 Å². The lowest BCUT2D eigenvalue weighted by atomic mass is 9.93. The Morgan fingerprint density at radius 2 is 1.66 bits per heavy atom. The lowest BCUT2D eigenvalue weighted by Crippen LogP contribution is -2.52. The molecule has 44 heavy (non-hydrogen) atoms. The fourth-order valence-corrected chi connectivity index (χ4v) is 6.60. The average molecular weight is 655 g/mol. The normalized spacial score (nSPS) is 16.6. The molecule has 6 N–H and O–H groups in total. The number of rotatable bonds is 10. The molecule has 0 saturated carbocycles. The molecular formula is C29H27ClN6O6S2. The zero-order chi connectivity index (χ0) is 31.5. The molecule has 3 aromatic carbocycles. The first kappa shape index (κ1) is 31.1. The van der Waals surface area contributed by atoms with Crippen molar-refractivity contribution in [2.75, 3.05) is 17.6 Å². The molecule has 1 amide bonds. The second-order valence-electron chi connectivity index (χ2n) is 10.0. The van der Waals surface area contributed by atoms with Crippen molar-refractivity contribution in [2.24, 2.45) is 10.3 Å². The maximum Gasteiger partial charge on any atom is 0.274 e. The monoisotopic (exact) mass is 654 g/mol. The largest absolute Gasteiger partial charge is 0.398 e. The molecule has 1 atom stereocenters. The Bertz CT molecular complexity index is 1960. The van der Waals surface area contributed by atoms with Crippen LogP contribution in [0.3, 0.4) is 0 Å². The van der Waals surface area contributed by atoms with Gasteiger partial charge in [-0.05, 0) is 35.9 Å². The number of benzene rings is 3. The van der Waals surface area contributed by atoms with E-state index >= 15 is 0 Å². The van der Waals surface area contributed by atoms with Crippen LogP contribution in [-0.4, -0.2) is 45.6 Å². The molecule has 12 nitrogen and oxygen atoms in total. The molecule has 1 aliphatic heterocycles. The fraction of sp³-hybridized carbons (Fsp3) is 0.138. The predicted octanol–water partition coefficient (Wildman–Crippen LogP) is 3.25. The lowest BCUT2D eigenvalue weighted by molar-refractivity contribution is -0.137. The van der Waals surface area contributed by atoms with E-state index in [4.69, 9.17) is 27.3 Å². The van der Waals surface area contributed by atoms with Gasteiger partial charge in [0.05, 0.1) is 33.6 Å². The number of aromatic nitrogens is 1. The number of nitrogens with one attached hydrogen (secondary N) is 2. The van der Waals surface area contributed by atoms with Gasteiger partial charge in [-0.1, -0.05) is 71.4 Å². The molecule has 1 aromatic heterocycles. The van der Waals surface area contributed by atoms with E-state index in [1.807, 2.05) is 0 Å². The van der Waals surface area contributed by atoms with Gasteiger partial charge in [0.15, 0.2) is 0 Å². The van der Waals surface area contributed by atoms with E-state index in [1.165, 1.54) is 18.3 Å². The number of pyridine rings is 1. The summed E-state index contributed by atoms with van der Waals surface area (Å²) in [5.41, 5.74) is 6.70. The van der Waals surface area contributed by atoms with E-state index in [1.54, 1.807) is 72.8 Å². The summed E-state index contributed by atoms with van der Waals surface area (Å²) in [6.45, 7) is -0.441. The highest BCUT2D eigenvalue weighted by atomic mass is 35.5. The van der Waals surface area contributed by atoms with Gasteiger partial charge in [0.25, 0.3) is 5.91 Å². The summed E-state index contributed by atoms with van der Waals surface area (Å²) in [5, 5.41) is 12.4. The van der Waals surface area contributed by atoms with Gasteiger partial charge < -0.3 is 15.9 Å². The smallest absolute Gasteiger partial charge is 0.274 e. The zero-order valence-electron chi connectivity index (χ0n) is 23.0. The highest BCUT2D eigenvalue weighted by Crippen LogP contribution is 2.31. The molecule has 0 radical (unpaired) electrons. The van der Waals surface area contributed by atoms with E-state index in [0.29, 0.717) is 38.7 Å². The van der Waals surface area contributed by atoms with Gasteiger partial charge in [0, 0.05) is 29.3 Å². The van der Waals surface area contributed by atoms with Crippen molar-refractivity contribution in [3.8, 4) is 11.1 Å². The number of primary sulfonamides is 1. The van der Waals surface area contributed by atoms with E-state index < -0.39 is 38.1 Å². The van der Waals surface area contributed by atoms with Crippen LogP contribution in [0.25, 0.3) is 11.1 Å². The number of sulfonamides is 2. The number of halogens is 1. The highest BCUT2D eigenvalue weighted by molar-refractivity contribution is 7.89. The minimum Gasteiger partial charge on any atom is -0.398 e. The molecule has 4 aromatic rings. The van der Waals surface area contributed by atoms with Crippen LogP contribution < -0.4 is 20.9 Å². The third kappa shape index (κ3) is 7.06. The minimum atomic E-state index is -4.00. The second-order valence-corrected chi connectivity index (χ2v) is 13.8. The van der Waals surface area contributed by atoms with Crippen LogP contribution in [0, 0.1) is 0 Å². The fourth-order valence-electron chi connectivity index (χ4n) is 4.53. The third-order valence-electron chi connectivity index (χ3n) is 6.81. The summed E-state index contributed by atoms with van der Waals surface area (Å²) in [4.78, 5) is 23.6. The summed E-state index contributed by atoms with van der Waals surface area (Å²) in [5.74, 6) is -0.923. The number of carbonyl (C=O) groups is 1. The Morgan fingerprint density at radius 3 is 2.34 bits per heavy atom. The number of amides is 1. The summed E-state index contributed by atoms with van der Waals surface area (Å²) in [7, 11) is -7.89. The number of nitrogens with zero attached hydrogens (tertiary/aromatic N) is 2. The number of hydrogen-bond acceptors (Lipinski definition) is 9. The van der Waals surface area contributed by atoms with Gasteiger partial charge in [-0.3, -0.25) is 4.79 Å². The molecule has 0 fully saturated rings. The van der Waals surface area contributed by atoms with E-state index in [-0.39, 0.29) is 22.9 Å². The molecule has 0 bridgehead atoms. The third-order valence-corrected chi connectivity index (χ3v) is 9.42. The first-order chi connectivity index (χ1) is 20.9. The number of nitrogens with two attached hydrogens (primary N) is 2. The van der Waals surface area contributed by atoms with E-state index in [0.717, 1.165) is 0 Å². The van der Waals surface area contributed by atoms with Crippen LogP contribution in [0.15, 0.2) is 101 Å². The van der Waals surface area contributed by atoms with Crippen LogP contribution in [0.4, 0.5) is 11.5 Å². The van der Waals surface area contributed by atoms with Gasteiger partial charge in [0.2, 0.25) is 25.6 Å². The van der Waals surface area contributed by atoms with Crippen LogP contribution >= 0.6 is 11.6 Å². The maximum atomic E-state index is 13.7. The number of anilines is 2. The number of hydrogen-bond donors (Lipinski definition) is 4. The summed E-state index contributed by atoms with van der Waals surface area (Å²) < 4.78 is 52.5. The molecule has 0 spiro atoms. The highest BCUT2D eigenvalue weighted by Gasteiger charge is 2.48. The molecule has 228 valence electrons. The molecule has 0 aliphatic carbocycles. The molecule has 5 rings (SSSR count). The van der Waals surface area contributed by atoms with E-state index in [2.05, 4.69) is 20.2 Å². The zero-order valence-corrected chi connectivity index (χ0v) is 25.4. The molecule has 2 heterocycles. The van der Waals surface area contributed by atoms with Gasteiger partial charge in [-0.15, -0.1) is 0 Å². The Labute approximate surface area is 259 Å². The molecule has 1 aliphatic rings. The van der Waals surface area contributed by atoms with Crippen LogP contribution in [0.1, 0.15) is 17.5 Å². The Morgan fingerprint density at radius 1 is 0.955 bits per heavy atom. The maximum absolute atomic E-state index is 13.7. The first-order valence-corrected chi connectivity index (χ1v) is 16.6. The molecule has 0 unspecified atom stereocenters. The SMILES string of the molecule is Nc1cc(C2=NO[C@](CNS(=O)(=O)Cc3ccccc3)(C(=O)Nc3ccc(-c4ccccc4S(N)(=O)=O)cn3)C2)ccc1Cl. The van der Waals surface area contributed by atoms with Crippen molar-refractivity contribution >= 4 is 54.8 Å². The standard InChI is InChI=1S/C29H27ClN6O6S2/c30-23-12-10-20(14-24(23)31)25-15-29(42-36-25,18-34-43(38,39)17-19-6-2-1-3-7-19)28(37)35-27-13-11-21(16-33-27)22-8-4-5-9-26(22)44(32,40)41/h1-14,16,34H,15,17-18,31H2,(H2,32,40,41)(H,33,35,37)/t29-/m1/s1. The van der Waals surface area contributed by atoms with Gasteiger partial charge in [-0.2, -0.15) is 0 Å². The predicted molar refractivity (Wildman–Crippen MR) is 168 cm³/mol. The van der Waals surface area contributed by atoms with Crippen LogP contribution in [0.2, 0.25) is 5.02 Å². The topological polar surface area (TPSA) is 196 Å². The average Bonchev–Trinajstić information content (AvgIpc) is 3.44. The van der Waals surface area contributed by atoms with Crippen molar-refractivity contribution in [2.45, 2.75) is 22.7 Å². The molecule has 15 heteroatoms. The van der Waals surface area contributed by atoms with Gasteiger partial charge >= 0.3 is 0 Å². The van der Waals surface area contributed by atoms with Crippen molar-refractivity contribution in [1.82, 2.24) is 9.71 Å². The van der Waals surface area contributed by atoms with Crippen LogP contribution in [0.5, 0.6) is 0 Å². The van der Waals surface area contributed by atoms with E-state index in [9.17, 15) is 21.6 Å². The minimum absolute atomic E-state index is 0.0767. The number of oxime groups is 1. The Hall–Kier alpha value is -4.34. The first-order valence-electron chi connectivity index (χ1n) is 13.1. The summed E-state index contributed by atoms with van der Waals surface area (Å²) >= 11 is 6.05. The Balaban J connectivity index is 1.39. The van der Waals surface area contributed by atoms with Crippen molar-refractivity contribution in [3.63, 3.8) is 0 Å². The number of carbonyl (C=O) groups excluding carboxylic acids is 1. The van der Waals surface area contributed by atoms with Crippen LogP contribution in [-0.2, 0) is 35.4 Å².